The third-order valence-corrected chi connectivity index (χ3v) is 3.00. The largest absolute Gasteiger partial charge is 0.375 e. The molecule has 1 saturated heterocycles. The van der Waals surface area contributed by atoms with Crippen LogP contribution in [0.15, 0.2) is 18.2 Å². The van der Waals surface area contributed by atoms with E-state index in [1.54, 1.807) is 6.07 Å². The molecule has 1 fully saturated rings. The number of hydrogen-bond donors (Lipinski definition) is 0. The monoisotopic (exact) mass is 234 g/mol. The summed E-state index contributed by atoms with van der Waals surface area (Å²) in [6.45, 7) is 5.38. The zero-order valence-electron chi connectivity index (χ0n) is 9.98. The first kappa shape index (κ1) is 11.9. The molecule has 2 unspecified atom stereocenters. The van der Waals surface area contributed by atoms with Crippen molar-refractivity contribution in [1.29, 1.82) is 5.26 Å². The van der Waals surface area contributed by atoms with Crippen molar-refractivity contribution in [3.8, 4) is 6.07 Å². The van der Waals surface area contributed by atoms with Gasteiger partial charge >= 0.3 is 0 Å². The molecule has 17 heavy (non-hydrogen) atoms. The number of halogens is 1. The van der Waals surface area contributed by atoms with E-state index in [1.165, 1.54) is 12.1 Å². The maximum absolute atomic E-state index is 13.1. The number of morpholine rings is 1. The van der Waals surface area contributed by atoms with Crippen LogP contribution in [0.2, 0.25) is 0 Å². The van der Waals surface area contributed by atoms with Crippen LogP contribution in [0.3, 0.4) is 0 Å². The molecule has 2 atom stereocenters. The van der Waals surface area contributed by atoms with E-state index in [4.69, 9.17) is 10.00 Å². The highest BCUT2D eigenvalue weighted by atomic mass is 19.1. The van der Waals surface area contributed by atoms with E-state index in [9.17, 15) is 4.39 Å². The van der Waals surface area contributed by atoms with Gasteiger partial charge in [0.05, 0.1) is 24.0 Å². The molecular formula is C13H15FN2O. The Bertz CT molecular complexity index is 455. The van der Waals surface area contributed by atoms with E-state index >= 15 is 0 Å². The smallest absolute Gasteiger partial charge is 0.124 e. The van der Waals surface area contributed by atoms with Gasteiger partial charge in [0, 0.05) is 12.6 Å². The Morgan fingerprint density at radius 1 is 1.47 bits per heavy atom. The van der Waals surface area contributed by atoms with Crippen LogP contribution in [0.1, 0.15) is 19.4 Å². The minimum Gasteiger partial charge on any atom is -0.375 e. The lowest BCUT2D eigenvalue weighted by Crippen LogP contribution is -2.47. The van der Waals surface area contributed by atoms with Crippen molar-refractivity contribution in [1.82, 2.24) is 0 Å². The zero-order chi connectivity index (χ0) is 12.4. The molecule has 0 spiro atoms. The Labute approximate surface area is 100 Å². The number of rotatable bonds is 1. The van der Waals surface area contributed by atoms with Gasteiger partial charge in [0.15, 0.2) is 0 Å². The molecule has 0 N–H and O–H groups in total. The van der Waals surface area contributed by atoms with E-state index < -0.39 is 0 Å². The van der Waals surface area contributed by atoms with Gasteiger partial charge < -0.3 is 9.64 Å². The Kier molecular flexibility index (Phi) is 3.30. The molecule has 0 aliphatic carbocycles. The summed E-state index contributed by atoms with van der Waals surface area (Å²) in [6, 6.07) is 6.59. The van der Waals surface area contributed by atoms with Gasteiger partial charge in [-0.25, -0.2) is 4.39 Å². The van der Waals surface area contributed by atoms with E-state index in [2.05, 4.69) is 4.90 Å². The van der Waals surface area contributed by atoms with Crippen LogP contribution in [0, 0.1) is 17.1 Å². The lowest BCUT2D eigenvalue weighted by atomic mass is 10.1. The molecule has 1 aromatic carbocycles. The maximum Gasteiger partial charge on any atom is 0.124 e. The van der Waals surface area contributed by atoms with E-state index in [-0.39, 0.29) is 18.0 Å². The van der Waals surface area contributed by atoms with Crippen molar-refractivity contribution in [3.05, 3.63) is 29.6 Å². The third kappa shape index (κ3) is 2.40. The van der Waals surface area contributed by atoms with Crippen molar-refractivity contribution in [3.63, 3.8) is 0 Å². The van der Waals surface area contributed by atoms with Gasteiger partial charge in [-0.2, -0.15) is 5.26 Å². The van der Waals surface area contributed by atoms with Gasteiger partial charge in [0.2, 0.25) is 0 Å². The first-order valence-corrected chi connectivity index (χ1v) is 5.69. The van der Waals surface area contributed by atoms with E-state index in [1.807, 2.05) is 19.9 Å². The minimum absolute atomic E-state index is 0.128. The summed E-state index contributed by atoms with van der Waals surface area (Å²) in [6.07, 6.45) is 0.128. The van der Waals surface area contributed by atoms with Crippen LogP contribution in [-0.4, -0.2) is 25.3 Å². The average Bonchev–Trinajstić information content (AvgIpc) is 2.32. The Morgan fingerprint density at radius 3 is 2.94 bits per heavy atom. The lowest BCUT2D eigenvalue weighted by molar-refractivity contribution is 0.0343. The molecule has 1 aromatic rings. The zero-order valence-corrected chi connectivity index (χ0v) is 9.98. The summed E-state index contributed by atoms with van der Waals surface area (Å²) in [5.74, 6) is -0.376. The molecule has 0 amide bonds. The van der Waals surface area contributed by atoms with Crippen LogP contribution < -0.4 is 4.90 Å². The molecular weight excluding hydrogens is 219 g/mol. The average molecular weight is 234 g/mol. The fourth-order valence-electron chi connectivity index (χ4n) is 2.09. The van der Waals surface area contributed by atoms with Crippen molar-refractivity contribution < 1.29 is 9.13 Å². The van der Waals surface area contributed by atoms with Crippen LogP contribution >= 0.6 is 0 Å². The molecule has 3 nitrogen and oxygen atoms in total. The summed E-state index contributed by atoms with van der Waals surface area (Å²) < 4.78 is 18.6. The molecule has 90 valence electrons. The second-order valence-electron chi connectivity index (χ2n) is 4.42. The number of anilines is 1. The van der Waals surface area contributed by atoms with Crippen molar-refractivity contribution in [2.75, 3.05) is 18.1 Å². The molecule has 1 aliphatic heterocycles. The van der Waals surface area contributed by atoms with Crippen LogP contribution in [0.5, 0.6) is 0 Å². The van der Waals surface area contributed by atoms with Crippen LogP contribution in [-0.2, 0) is 4.74 Å². The number of nitriles is 1. The number of ether oxygens (including phenoxy) is 1. The quantitative estimate of drug-likeness (QED) is 0.748. The SMILES string of the molecule is CC1CN(c2ccc(F)cc2C#N)C(C)CO1. The molecule has 0 aromatic heterocycles. The predicted molar refractivity (Wildman–Crippen MR) is 63.3 cm³/mol. The van der Waals surface area contributed by atoms with Crippen molar-refractivity contribution in [2.24, 2.45) is 0 Å². The normalized spacial score (nSPS) is 24.5. The minimum atomic E-state index is -0.376. The van der Waals surface area contributed by atoms with Gasteiger partial charge in [-0.05, 0) is 32.0 Å². The fraction of sp³-hybridized carbons (Fsp3) is 0.462. The van der Waals surface area contributed by atoms with Gasteiger partial charge in [-0.15, -0.1) is 0 Å². The highest BCUT2D eigenvalue weighted by molar-refractivity contribution is 5.60. The van der Waals surface area contributed by atoms with Crippen molar-refractivity contribution in [2.45, 2.75) is 26.0 Å². The van der Waals surface area contributed by atoms with E-state index in [0.29, 0.717) is 12.2 Å². The van der Waals surface area contributed by atoms with Gasteiger partial charge in [0.25, 0.3) is 0 Å². The highest BCUT2D eigenvalue weighted by Gasteiger charge is 2.25. The number of hydrogen-bond acceptors (Lipinski definition) is 3. The standard InChI is InChI=1S/C13H15FN2O/c1-9-8-17-10(2)7-16(9)13-4-3-12(14)5-11(13)6-15/h3-5,9-10H,7-8H2,1-2H3. The van der Waals surface area contributed by atoms with Crippen LogP contribution in [0.4, 0.5) is 10.1 Å². The first-order valence-electron chi connectivity index (χ1n) is 5.69. The van der Waals surface area contributed by atoms with Crippen molar-refractivity contribution >= 4 is 5.69 Å². The second-order valence-corrected chi connectivity index (χ2v) is 4.42. The maximum atomic E-state index is 13.1. The topological polar surface area (TPSA) is 36.3 Å². The van der Waals surface area contributed by atoms with Gasteiger partial charge in [-0.1, -0.05) is 0 Å². The summed E-state index contributed by atoms with van der Waals surface area (Å²) in [5.41, 5.74) is 1.17. The third-order valence-electron chi connectivity index (χ3n) is 3.00. The first-order chi connectivity index (χ1) is 8.11. The van der Waals surface area contributed by atoms with Gasteiger partial charge in [-0.3, -0.25) is 0 Å². The molecule has 4 heteroatoms. The predicted octanol–water partition coefficient (Wildman–Crippen LogP) is 2.31. The Hall–Kier alpha value is -1.60. The summed E-state index contributed by atoms with van der Waals surface area (Å²) in [7, 11) is 0. The lowest BCUT2D eigenvalue weighted by Gasteiger charge is -2.38. The second kappa shape index (κ2) is 4.72. The molecule has 2 rings (SSSR count). The molecule has 1 heterocycles. The highest BCUT2D eigenvalue weighted by Crippen LogP contribution is 2.26. The summed E-state index contributed by atoms with van der Waals surface area (Å²) >= 11 is 0. The van der Waals surface area contributed by atoms with Gasteiger partial charge in [0.1, 0.15) is 11.9 Å². The van der Waals surface area contributed by atoms with E-state index in [0.717, 1.165) is 12.2 Å². The number of nitrogens with zero attached hydrogens (tertiary/aromatic N) is 2. The summed E-state index contributed by atoms with van der Waals surface area (Å²) in [4.78, 5) is 2.10. The Morgan fingerprint density at radius 2 is 2.24 bits per heavy atom. The molecule has 0 bridgehead atoms. The molecule has 0 saturated carbocycles. The fourth-order valence-corrected chi connectivity index (χ4v) is 2.09. The molecule has 1 aliphatic rings. The number of benzene rings is 1. The van der Waals surface area contributed by atoms with Crippen LogP contribution in [0.25, 0.3) is 0 Å². The molecule has 0 radical (unpaired) electrons. The Balaban J connectivity index is 2.35. The summed E-state index contributed by atoms with van der Waals surface area (Å²) in [5, 5.41) is 9.05.